The summed E-state index contributed by atoms with van der Waals surface area (Å²) in [5.41, 5.74) is 2.19. The summed E-state index contributed by atoms with van der Waals surface area (Å²) >= 11 is 0. The van der Waals surface area contributed by atoms with Gasteiger partial charge in [-0.15, -0.1) is 0 Å². The molecule has 1 aromatic carbocycles. The second-order valence-corrected chi connectivity index (χ2v) is 9.20. The Balaban J connectivity index is 2.12. The van der Waals surface area contributed by atoms with Crippen molar-refractivity contribution in [1.29, 1.82) is 0 Å². The summed E-state index contributed by atoms with van der Waals surface area (Å²) in [7, 11) is -0.605. The van der Waals surface area contributed by atoms with Crippen LogP contribution in [-0.2, 0) is 23.1 Å². The van der Waals surface area contributed by atoms with Gasteiger partial charge in [0.2, 0.25) is 10.0 Å². The zero-order valence-electron chi connectivity index (χ0n) is 17.1. The minimum absolute atomic E-state index is 0.00233. The molecule has 0 spiro atoms. The van der Waals surface area contributed by atoms with E-state index in [0.717, 1.165) is 16.2 Å². The van der Waals surface area contributed by atoms with Gasteiger partial charge in [0.05, 0.1) is 27.4 Å². The highest BCUT2D eigenvalue weighted by Gasteiger charge is 2.24. The highest BCUT2D eigenvalue weighted by Crippen LogP contribution is 2.25. The van der Waals surface area contributed by atoms with Crippen LogP contribution in [0.3, 0.4) is 0 Å². The van der Waals surface area contributed by atoms with Crippen molar-refractivity contribution in [3.05, 3.63) is 45.5 Å². The monoisotopic (exact) mass is 420 g/mol. The fraction of sp³-hybridized carbons (Fsp3) is 0.444. The van der Waals surface area contributed by atoms with Crippen LogP contribution in [0.15, 0.2) is 23.1 Å². The van der Waals surface area contributed by atoms with E-state index in [1.165, 1.54) is 14.1 Å². The van der Waals surface area contributed by atoms with Crippen molar-refractivity contribution in [2.75, 3.05) is 14.1 Å². The van der Waals surface area contributed by atoms with Gasteiger partial charge in [-0.2, -0.15) is 5.10 Å². The molecule has 0 N–H and O–H groups in total. The van der Waals surface area contributed by atoms with Gasteiger partial charge >= 0.3 is 5.69 Å². The van der Waals surface area contributed by atoms with Gasteiger partial charge in [0.15, 0.2) is 0 Å². The number of nitrogens with zero attached hydrogens (tertiary/aromatic N) is 6. The van der Waals surface area contributed by atoms with Crippen LogP contribution in [0.2, 0.25) is 0 Å². The number of rotatable bonds is 7. The molecule has 0 bridgehead atoms. The largest absolute Gasteiger partial charge is 0.326 e. The first kappa shape index (κ1) is 20.9. The molecule has 0 saturated carbocycles. The average Bonchev–Trinajstić information content (AvgIpc) is 3.11. The van der Waals surface area contributed by atoms with Gasteiger partial charge in [-0.25, -0.2) is 17.7 Å². The second-order valence-electron chi connectivity index (χ2n) is 7.05. The van der Waals surface area contributed by atoms with Crippen LogP contribution in [0.4, 0.5) is 5.69 Å². The maximum atomic E-state index is 12.4. The lowest BCUT2D eigenvalue weighted by molar-refractivity contribution is -0.386. The Kier molecular flexibility index (Phi) is 5.46. The molecular formula is C18H24N6O4S. The molecule has 156 valence electrons. The molecule has 3 rings (SSSR count). The fourth-order valence-electron chi connectivity index (χ4n) is 3.36. The average molecular weight is 420 g/mol. The number of hydrogen-bond donors (Lipinski definition) is 0. The topological polar surface area (TPSA) is 116 Å². The summed E-state index contributed by atoms with van der Waals surface area (Å²) < 4.78 is 29.6. The summed E-state index contributed by atoms with van der Waals surface area (Å²) in [4.78, 5) is 15.7. The Morgan fingerprint density at radius 3 is 2.48 bits per heavy atom. The lowest BCUT2D eigenvalue weighted by Crippen LogP contribution is -2.22. The van der Waals surface area contributed by atoms with Crippen molar-refractivity contribution in [3.63, 3.8) is 0 Å². The van der Waals surface area contributed by atoms with Gasteiger partial charge in [0.1, 0.15) is 17.2 Å². The van der Waals surface area contributed by atoms with Gasteiger partial charge in [-0.3, -0.25) is 14.8 Å². The first-order valence-corrected chi connectivity index (χ1v) is 10.6. The minimum atomic E-state index is -3.57. The van der Waals surface area contributed by atoms with Gasteiger partial charge in [-0.1, -0.05) is 6.92 Å². The first-order chi connectivity index (χ1) is 13.6. The van der Waals surface area contributed by atoms with Crippen molar-refractivity contribution < 1.29 is 13.3 Å². The summed E-state index contributed by atoms with van der Waals surface area (Å²) in [6, 6.07) is 4.88. The molecule has 29 heavy (non-hydrogen) atoms. The van der Waals surface area contributed by atoms with Crippen molar-refractivity contribution in [2.45, 2.75) is 45.2 Å². The molecule has 2 aromatic heterocycles. The van der Waals surface area contributed by atoms with Gasteiger partial charge in [0, 0.05) is 20.6 Å². The maximum absolute atomic E-state index is 12.4. The van der Waals surface area contributed by atoms with Gasteiger partial charge in [-0.05, 0) is 38.5 Å². The number of aromatic nitrogens is 4. The summed E-state index contributed by atoms with van der Waals surface area (Å²) in [5, 5.41) is 15.6. The quantitative estimate of drug-likeness (QED) is 0.428. The maximum Gasteiger partial charge on any atom is 0.312 e. The van der Waals surface area contributed by atoms with Crippen LogP contribution in [0.1, 0.15) is 30.6 Å². The van der Waals surface area contributed by atoms with Crippen molar-refractivity contribution >= 4 is 26.7 Å². The van der Waals surface area contributed by atoms with Crippen LogP contribution in [0, 0.1) is 24.0 Å². The normalized spacial score (nSPS) is 12.2. The van der Waals surface area contributed by atoms with Crippen molar-refractivity contribution in [2.24, 2.45) is 0 Å². The van der Waals surface area contributed by atoms with E-state index in [0.29, 0.717) is 29.3 Å². The molecule has 10 nitrogen and oxygen atoms in total. The van der Waals surface area contributed by atoms with Gasteiger partial charge in [0.25, 0.3) is 0 Å². The molecule has 11 heteroatoms. The lowest BCUT2D eigenvalue weighted by Gasteiger charge is -2.11. The minimum Gasteiger partial charge on any atom is -0.326 e. The van der Waals surface area contributed by atoms with E-state index in [4.69, 9.17) is 0 Å². The molecule has 0 aliphatic heterocycles. The number of sulfonamides is 1. The highest BCUT2D eigenvalue weighted by atomic mass is 32.2. The van der Waals surface area contributed by atoms with E-state index in [1.807, 2.05) is 11.5 Å². The molecular weight excluding hydrogens is 396 g/mol. The predicted octanol–water partition coefficient (Wildman–Crippen LogP) is 2.47. The Bertz CT molecular complexity index is 1190. The number of hydrogen-bond acceptors (Lipinski definition) is 6. The Morgan fingerprint density at radius 2 is 1.93 bits per heavy atom. The molecule has 0 saturated heterocycles. The molecule has 0 aliphatic carbocycles. The number of imidazole rings is 1. The number of benzene rings is 1. The lowest BCUT2D eigenvalue weighted by atomic mass is 10.3. The van der Waals surface area contributed by atoms with Gasteiger partial charge < -0.3 is 4.57 Å². The zero-order chi connectivity index (χ0) is 21.5. The molecule has 0 unspecified atom stereocenters. The van der Waals surface area contributed by atoms with E-state index in [9.17, 15) is 18.5 Å². The molecule has 0 aliphatic rings. The Hall–Kier alpha value is -2.79. The molecule has 3 aromatic rings. The Labute approximate surface area is 169 Å². The van der Waals surface area contributed by atoms with Crippen molar-refractivity contribution in [1.82, 2.24) is 23.6 Å². The van der Waals surface area contributed by atoms with E-state index in [-0.39, 0.29) is 17.1 Å². The smallest absolute Gasteiger partial charge is 0.312 e. The molecule has 0 atom stereocenters. The van der Waals surface area contributed by atoms with Crippen LogP contribution in [0.5, 0.6) is 0 Å². The van der Waals surface area contributed by atoms with E-state index in [2.05, 4.69) is 10.1 Å². The third-order valence-corrected chi connectivity index (χ3v) is 6.65. The van der Waals surface area contributed by atoms with Crippen LogP contribution in [0.25, 0.3) is 11.0 Å². The first-order valence-electron chi connectivity index (χ1n) is 9.18. The third-order valence-electron chi connectivity index (χ3n) is 4.84. The second kappa shape index (κ2) is 7.56. The molecule has 0 radical (unpaired) electrons. The summed E-state index contributed by atoms with van der Waals surface area (Å²) in [5.74, 6) is 0.668. The third kappa shape index (κ3) is 3.62. The Morgan fingerprint density at radius 1 is 1.24 bits per heavy atom. The molecule has 2 heterocycles. The number of aryl methyl sites for hydroxylation is 2. The number of fused-ring (bicyclic) bond motifs is 1. The zero-order valence-corrected chi connectivity index (χ0v) is 17.9. The van der Waals surface area contributed by atoms with Crippen LogP contribution in [-0.4, -0.2) is 51.1 Å². The standard InChI is InChI=1S/C18H24N6O4S/c1-6-9-22-16-8-7-14(29(27,28)21(4)5)10-15(16)19-17(22)11-23-13(3)18(24(25)26)12(2)20-23/h7-8,10H,6,9,11H2,1-5H3. The van der Waals surface area contributed by atoms with Crippen molar-refractivity contribution in [3.8, 4) is 0 Å². The van der Waals surface area contributed by atoms with Crippen LogP contribution < -0.4 is 0 Å². The SMILES string of the molecule is CCCn1c(Cn2nc(C)c([N+](=O)[O-])c2C)nc2cc(S(=O)(=O)N(C)C)ccc21. The molecule has 0 amide bonds. The van der Waals surface area contributed by atoms with E-state index < -0.39 is 14.9 Å². The highest BCUT2D eigenvalue weighted by molar-refractivity contribution is 7.89. The number of nitro groups is 1. The summed E-state index contributed by atoms with van der Waals surface area (Å²) in [6.45, 7) is 6.24. The molecule has 0 fully saturated rings. The van der Waals surface area contributed by atoms with E-state index in [1.54, 1.807) is 36.7 Å². The van der Waals surface area contributed by atoms with E-state index >= 15 is 0 Å². The summed E-state index contributed by atoms with van der Waals surface area (Å²) in [6.07, 6.45) is 0.855. The van der Waals surface area contributed by atoms with Crippen LogP contribution >= 0.6 is 0 Å². The fourth-order valence-corrected chi connectivity index (χ4v) is 4.29. The predicted molar refractivity (Wildman–Crippen MR) is 108 cm³/mol.